The van der Waals surface area contributed by atoms with Crippen LogP contribution in [0.15, 0.2) is 16.6 Å². The molecule has 2 rings (SSSR count). The molecule has 0 spiro atoms. The molecular formula is C15H24BrNO3. The fourth-order valence-electron chi connectivity index (χ4n) is 1.93. The molecule has 114 valence electrons. The molecule has 20 heavy (non-hydrogen) atoms. The van der Waals surface area contributed by atoms with Gasteiger partial charge in [0.1, 0.15) is 11.8 Å². The Morgan fingerprint density at radius 3 is 2.45 bits per heavy atom. The van der Waals surface area contributed by atoms with Gasteiger partial charge in [-0.2, -0.15) is 0 Å². The van der Waals surface area contributed by atoms with Crippen molar-refractivity contribution in [3.63, 3.8) is 0 Å². The average molecular weight is 346 g/mol. The number of aliphatic carboxylic acids is 1. The molecule has 2 N–H and O–H groups in total. The molecule has 0 saturated heterocycles. The van der Waals surface area contributed by atoms with Gasteiger partial charge in [0, 0.05) is 6.54 Å². The van der Waals surface area contributed by atoms with Crippen molar-refractivity contribution in [1.82, 2.24) is 5.32 Å². The first-order chi connectivity index (χ1) is 9.63. The number of carboxylic acid groups (broad SMARTS) is 1. The largest absolute Gasteiger partial charge is 0.496 e. The highest BCUT2D eigenvalue weighted by molar-refractivity contribution is 9.10. The summed E-state index contributed by atoms with van der Waals surface area (Å²) in [6, 6.07) is 3.08. The fourth-order valence-corrected chi connectivity index (χ4v) is 2.49. The highest BCUT2D eigenvalue weighted by Gasteiger charge is 2.26. The normalized spacial score (nSPS) is 15.8. The van der Waals surface area contributed by atoms with E-state index in [0.717, 1.165) is 22.0 Å². The van der Waals surface area contributed by atoms with Crippen molar-refractivity contribution in [3.05, 3.63) is 27.7 Å². The highest BCUT2D eigenvalue weighted by Crippen LogP contribution is 2.33. The summed E-state index contributed by atoms with van der Waals surface area (Å²) in [7, 11) is 1.57. The molecule has 0 aromatic heterocycles. The SMILES string of the molecule is CC.CC.COc1cc2c(cc1Br)CCNC2C(=O)O. The van der Waals surface area contributed by atoms with Gasteiger partial charge in [-0.3, -0.25) is 4.79 Å². The van der Waals surface area contributed by atoms with Crippen LogP contribution in [-0.2, 0) is 11.2 Å². The van der Waals surface area contributed by atoms with Gasteiger partial charge in [-0.1, -0.05) is 27.7 Å². The van der Waals surface area contributed by atoms with E-state index in [1.54, 1.807) is 13.2 Å². The highest BCUT2D eigenvalue weighted by atomic mass is 79.9. The molecule has 0 amide bonds. The Kier molecular flexibility index (Phi) is 9.25. The summed E-state index contributed by atoms with van der Waals surface area (Å²) in [6.45, 7) is 8.68. The number of halogens is 1. The Balaban J connectivity index is 0.000000829. The number of hydrogen-bond donors (Lipinski definition) is 2. The number of carboxylic acids is 1. The average Bonchev–Trinajstić information content (AvgIpc) is 2.49. The summed E-state index contributed by atoms with van der Waals surface area (Å²) in [4.78, 5) is 11.1. The lowest BCUT2D eigenvalue weighted by molar-refractivity contribution is -0.139. The van der Waals surface area contributed by atoms with Crippen molar-refractivity contribution in [2.45, 2.75) is 40.2 Å². The molecule has 0 saturated carbocycles. The Hall–Kier alpha value is -1.07. The van der Waals surface area contributed by atoms with Crippen LogP contribution in [0.5, 0.6) is 5.75 Å². The number of carbonyl (C=O) groups is 1. The molecule has 1 atom stereocenters. The van der Waals surface area contributed by atoms with E-state index >= 15 is 0 Å². The Labute approximate surface area is 129 Å². The zero-order valence-corrected chi connectivity index (χ0v) is 14.4. The molecule has 5 heteroatoms. The maximum absolute atomic E-state index is 11.1. The second-order valence-electron chi connectivity index (χ2n) is 3.66. The van der Waals surface area contributed by atoms with E-state index in [-0.39, 0.29) is 0 Å². The van der Waals surface area contributed by atoms with Gasteiger partial charge in [-0.05, 0) is 45.6 Å². The van der Waals surface area contributed by atoms with Crippen molar-refractivity contribution in [2.24, 2.45) is 0 Å². The molecule has 4 nitrogen and oxygen atoms in total. The predicted molar refractivity (Wildman–Crippen MR) is 85.5 cm³/mol. The zero-order chi connectivity index (χ0) is 15.7. The summed E-state index contributed by atoms with van der Waals surface area (Å²) >= 11 is 3.40. The van der Waals surface area contributed by atoms with Crippen LogP contribution in [0.4, 0.5) is 0 Å². The maximum Gasteiger partial charge on any atom is 0.325 e. The number of hydrogen-bond acceptors (Lipinski definition) is 3. The monoisotopic (exact) mass is 345 g/mol. The van der Waals surface area contributed by atoms with E-state index in [4.69, 9.17) is 9.84 Å². The number of fused-ring (bicyclic) bond motifs is 1. The quantitative estimate of drug-likeness (QED) is 0.856. The third kappa shape index (κ3) is 4.49. The Morgan fingerprint density at radius 1 is 1.35 bits per heavy atom. The van der Waals surface area contributed by atoms with Gasteiger partial charge >= 0.3 is 5.97 Å². The molecule has 1 aromatic carbocycles. The molecule has 0 fully saturated rings. The van der Waals surface area contributed by atoms with Crippen LogP contribution in [0.3, 0.4) is 0 Å². The van der Waals surface area contributed by atoms with Gasteiger partial charge in [0.25, 0.3) is 0 Å². The minimum absolute atomic E-state index is 0.634. The van der Waals surface area contributed by atoms with Crippen molar-refractivity contribution >= 4 is 21.9 Å². The van der Waals surface area contributed by atoms with Crippen molar-refractivity contribution < 1.29 is 14.6 Å². The van der Waals surface area contributed by atoms with Crippen LogP contribution >= 0.6 is 15.9 Å². The van der Waals surface area contributed by atoms with Gasteiger partial charge in [-0.15, -0.1) is 0 Å². The number of benzene rings is 1. The lowest BCUT2D eigenvalue weighted by atomic mass is 9.94. The van der Waals surface area contributed by atoms with Gasteiger partial charge in [0.15, 0.2) is 0 Å². The van der Waals surface area contributed by atoms with Gasteiger partial charge < -0.3 is 15.2 Å². The third-order valence-corrected chi connectivity index (χ3v) is 3.33. The van der Waals surface area contributed by atoms with E-state index in [1.807, 2.05) is 33.8 Å². The Morgan fingerprint density at radius 2 is 1.95 bits per heavy atom. The van der Waals surface area contributed by atoms with Gasteiger partial charge in [-0.25, -0.2) is 0 Å². The molecule has 1 heterocycles. The van der Waals surface area contributed by atoms with Crippen LogP contribution in [0.25, 0.3) is 0 Å². The smallest absolute Gasteiger partial charge is 0.325 e. The van der Waals surface area contributed by atoms with E-state index in [0.29, 0.717) is 12.3 Å². The number of methoxy groups -OCH3 is 1. The topological polar surface area (TPSA) is 58.6 Å². The summed E-state index contributed by atoms with van der Waals surface area (Å²) in [6.07, 6.45) is 0.835. The summed E-state index contributed by atoms with van der Waals surface area (Å²) in [5, 5.41) is 12.1. The minimum atomic E-state index is -0.856. The molecule has 1 aromatic rings. The van der Waals surface area contributed by atoms with Crippen molar-refractivity contribution in [1.29, 1.82) is 0 Å². The molecule has 0 aliphatic carbocycles. The van der Waals surface area contributed by atoms with E-state index in [2.05, 4.69) is 21.2 Å². The second kappa shape index (κ2) is 9.77. The number of rotatable bonds is 2. The molecular weight excluding hydrogens is 322 g/mol. The number of ether oxygens (including phenoxy) is 1. The van der Waals surface area contributed by atoms with Crippen molar-refractivity contribution in [2.75, 3.05) is 13.7 Å². The van der Waals surface area contributed by atoms with E-state index in [9.17, 15) is 4.79 Å². The first kappa shape index (κ1) is 18.9. The summed E-state index contributed by atoms with van der Waals surface area (Å²) in [5.74, 6) is -0.195. The molecule has 0 bridgehead atoms. The van der Waals surface area contributed by atoms with Gasteiger partial charge in [0.05, 0.1) is 11.6 Å². The lowest BCUT2D eigenvalue weighted by Gasteiger charge is -2.24. The molecule has 1 aliphatic rings. The van der Waals surface area contributed by atoms with E-state index in [1.165, 1.54) is 0 Å². The summed E-state index contributed by atoms with van der Waals surface area (Å²) < 4.78 is 6.03. The first-order valence-electron chi connectivity index (χ1n) is 6.96. The van der Waals surface area contributed by atoms with E-state index < -0.39 is 12.0 Å². The maximum atomic E-state index is 11.1. The number of nitrogens with one attached hydrogen (secondary N) is 1. The van der Waals surface area contributed by atoms with Crippen LogP contribution in [0.2, 0.25) is 0 Å². The summed E-state index contributed by atoms with van der Waals surface area (Å²) in [5.41, 5.74) is 1.85. The fraction of sp³-hybridized carbons (Fsp3) is 0.533. The van der Waals surface area contributed by atoms with Crippen LogP contribution in [0.1, 0.15) is 44.9 Å². The Bertz CT molecular complexity index is 435. The van der Waals surface area contributed by atoms with Crippen LogP contribution < -0.4 is 10.1 Å². The minimum Gasteiger partial charge on any atom is -0.496 e. The van der Waals surface area contributed by atoms with Crippen LogP contribution in [0, 0.1) is 0 Å². The standard InChI is InChI=1S/C11H12BrNO3.2C2H6/c1-16-9-5-7-6(4-8(9)12)2-3-13-10(7)11(14)15;2*1-2/h4-5,10,13H,2-3H2,1H3,(H,14,15);2*1-2H3. The van der Waals surface area contributed by atoms with Crippen LogP contribution in [-0.4, -0.2) is 24.7 Å². The molecule has 0 radical (unpaired) electrons. The molecule has 1 aliphatic heterocycles. The lowest BCUT2D eigenvalue weighted by Crippen LogP contribution is -2.35. The first-order valence-corrected chi connectivity index (χ1v) is 7.75. The third-order valence-electron chi connectivity index (χ3n) is 2.71. The second-order valence-corrected chi connectivity index (χ2v) is 4.52. The zero-order valence-electron chi connectivity index (χ0n) is 12.8. The predicted octanol–water partition coefficient (Wildman–Crippen LogP) is 3.78. The molecule has 1 unspecified atom stereocenters. The van der Waals surface area contributed by atoms with Crippen molar-refractivity contribution in [3.8, 4) is 5.75 Å². The van der Waals surface area contributed by atoms with Gasteiger partial charge in [0.2, 0.25) is 0 Å².